The van der Waals surface area contributed by atoms with E-state index in [4.69, 9.17) is 5.11 Å². The number of hydrogen-bond donors (Lipinski definition) is 1. The topological polar surface area (TPSA) is 37.3 Å². The van der Waals surface area contributed by atoms with Crippen LogP contribution in [-0.4, -0.2) is 31.4 Å². The Morgan fingerprint density at radius 3 is 1.63 bits per heavy atom. The molecule has 11 heteroatoms. The summed E-state index contributed by atoms with van der Waals surface area (Å²) < 4.78 is 72.3. The summed E-state index contributed by atoms with van der Waals surface area (Å²) in [6.07, 6.45) is -6.20. The zero-order valence-corrected chi connectivity index (χ0v) is 20.3. The van der Waals surface area contributed by atoms with E-state index in [2.05, 4.69) is 31.9 Å². The zero-order chi connectivity index (χ0) is 23.8. The monoisotopic (exact) mass is 580 g/mol. The maximum absolute atomic E-state index is 12.0. The molecule has 1 unspecified atom stereocenters. The van der Waals surface area contributed by atoms with Gasteiger partial charge in [-0.3, -0.25) is 4.79 Å². The molecule has 0 radical (unpaired) electrons. The molecule has 0 amide bonds. The van der Waals surface area contributed by atoms with E-state index in [1.807, 2.05) is 12.1 Å². The second-order valence-electron chi connectivity index (χ2n) is 6.92. The molecule has 0 fully saturated rings. The van der Waals surface area contributed by atoms with Crippen LogP contribution >= 0.6 is 31.9 Å². The minimum atomic E-state index is -4.61. The van der Waals surface area contributed by atoms with Gasteiger partial charge in [0, 0.05) is 14.5 Å². The van der Waals surface area contributed by atoms with Crippen LogP contribution in [0.5, 0.6) is 0 Å². The molecule has 0 heterocycles. The molecule has 168 valence electrons. The lowest BCUT2D eigenvalue weighted by Gasteiger charge is -2.19. The number of carbonyl (C=O) groups is 1. The Balaban J connectivity index is 0.000000438. The van der Waals surface area contributed by atoms with Gasteiger partial charge in [0.2, 0.25) is 0 Å². The van der Waals surface area contributed by atoms with Gasteiger partial charge in [0.25, 0.3) is 0 Å². The van der Waals surface area contributed by atoms with Gasteiger partial charge in [-0.15, -0.1) is 0 Å². The molecule has 0 aromatic heterocycles. The van der Waals surface area contributed by atoms with Crippen LogP contribution in [0.4, 0.5) is 26.3 Å². The molecule has 2 aromatic rings. The van der Waals surface area contributed by atoms with Crippen molar-refractivity contribution in [3.63, 3.8) is 0 Å². The first-order valence-electron chi connectivity index (χ1n) is 8.26. The van der Waals surface area contributed by atoms with Crippen LogP contribution in [0.3, 0.4) is 0 Å². The SMILES string of the molecule is C[Si](C)(C)C(F)(F)F.O=Cc1cccc(Br)c1.OC(c1cccc(Br)c1)C(F)(F)F. The molecular formula is C19H20Br2F6O2Si. The molecular weight excluding hydrogens is 562 g/mol. The lowest BCUT2D eigenvalue weighted by Crippen LogP contribution is -2.40. The first-order chi connectivity index (χ1) is 13.5. The van der Waals surface area contributed by atoms with Gasteiger partial charge in [-0.05, 0) is 29.8 Å². The third kappa shape index (κ3) is 11.3. The highest BCUT2D eigenvalue weighted by Crippen LogP contribution is 2.33. The number of aliphatic hydroxyl groups excluding tert-OH is 1. The predicted molar refractivity (Wildman–Crippen MR) is 114 cm³/mol. The standard InChI is InChI=1S/C8H6BrF3O.C7H5BrO.C4H9F3Si/c9-6-3-1-2-5(4-6)7(13)8(10,11)12;8-7-3-1-2-6(4-7)5-9;1-8(2,3)4(5,6)7/h1-4,7,13H;1-5H;1-3H3. The molecule has 0 aliphatic heterocycles. The van der Waals surface area contributed by atoms with Gasteiger partial charge in [-0.2, -0.15) is 26.3 Å². The molecule has 0 aliphatic rings. The van der Waals surface area contributed by atoms with Gasteiger partial charge in [-0.25, -0.2) is 0 Å². The van der Waals surface area contributed by atoms with Crippen molar-refractivity contribution in [1.82, 2.24) is 0 Å². The molecule has 0 aliphatic carbocycles. The van der Waals surface area contributed by atoms with E-state index in [1.165, 1.54) is 37.8 Å². The van der Waals surface area contributed by atoms with Crippen molar-refractivity contribution < 1.29 is 36.2 Å². The van der Waals surface area contributed by atoms with Crippen molar-refractivity contribution >= 4 is 46.2 Å². The van der Waals surface area contributed by atoms with Gasteiger partial charge >= 0.3 is 12.0 Å². The largest absolute Gasteiger partial charge is 0.418 e. The van der Waals surface area contributed by atoms with E-state index in [1.54, 1.807) is 18.2 Å². The number of aldehydes is 1. The van der Waals surface area contributed by atoms with Crippen molar-refractivity contribution in [1.29, 1.82) is 0 Å². The normalized spacial score (nSPS) is 12.7. The van der Waals surface area contributed by atoms with E-state index in [9.17, 15) is 31.1 Å². The number of aliphatic hydroxyl groups is 1. The molecule has 0 bridgehead atoms. The highest BCUT2D eigenvalue weighted by Gasteiger charge is 2.45. The van der Waals surface area contributed by atoms with Gasteiger partial charge < -0.3 is 5.11 Å². The van der Waals surface area contributed by atoms with Crippen LogP contribution in [0, 0.1) is 0 Å². The second kappa shape index (κ2) is 12.0. The molecule has 2 nitrogen and oxygen atoms in total. The lowest BCUT2D eigenvalue weighted by atomic mass is 10.1. The Labute approximate surface area is 188 Å². The molecule has 2 rings (SSSR count). The van der Waals surface area contributed by atoms with E-state index < -0.39 is 26.2 Å². The quantitative estimate of drug-likeness (QED) is 0.224. The van der Waals surface area contributed by atoms with E-state index in [0.29, 0.717) is 10.0 Å². The number of carbonyl (C=O) groups excluding carboxylic acids is 1. The Morgan fingerprint density at radius 2 is 1.33 bits per heavy atom. The fourth-order valence-electron chi connectivity index (χ4n) is 1.45. The molecule has 0 saturated carbocycles. The van der Waals surface area contributed by atoms with Crippen molar-refractivity contribution in [3.05, 3.63) is 68.6 Å². The predicted octanol–water partition coefficient (Wildman–Crippen LogP) is 7.73. The minimum absolute atomic E-state index is 0.165. The van der Waals surface area contributed by atoms with Crippen LogP contribution in [0.25, 0.3) is 0 Å². The summed E-state index contributed by atoms with van der Waals surface area (Å²) >= 11 is 6.26. The maximum atomic E-state index is 12.0. The van der Waals surface area contributed by atoms with Crippen LogP contribution in [-0.2, 0) is 0 Å². The molecule has 30 heavy (non-hydrogen) atoms. The highest BCUT2D eigenvalue weighted by molar-refractivity contribution is 9.10. The zero-order valence-electron chi connectivity index (χ0n) is 16.2. The minimum Gasteiger partial charge on any atom is -0.379 e. The summed E-state index contributed by atoms with van der Waals surface area (Å²) in [5.74, 6) is -3.92. The third-order valence-electron chi connectivity index (χ3n) is 3.31. The average Bonchev–Trinajstić information content (AvgIpc) is 2.59. The van der Waals surface area contributed by atoms with Gasteiger partial charge in [0.1, 0.15) is 6.29 Å². The fraction of sp³-hybridized carbons (Fsp3) is 0.316. The molecule has 1 atom stereocenters. The van der Waals surface area contributed by atoms with Gasteiger partial charge in [0.05, 0.1) is 0 Å². The molecule has 0 saturated heterocycles. The first kappa shape index (κ1) is 28.8. The highest BCUT2D eigenvalue weighted by atomic mass is 79.9. The number of halogens is 8. The van der Waals surface area contributed by atoms with E-state index >= 15 is 0 Å². The van der Waals surface area contributed by atoms with Crippen molar-refractivity contribution in [3.8, 4) is 0 Å². The van der Waals surface area contributed by atoms with Crippen molar-refractivity contribution in [2.45, 2.75) is 37.7 Å². The fourth-order valence-corrected chi connectivity index (χ4v) is 2.28. The van der Waals surface area contributed by atoms with Crippen LogP contribution in [0.1, 0.15) is 22.0 Å². The van der Waals surface area contributed by atoms with Crippen LogP contribution in [0.15, 0.2) is 57.5 Å². The smallest absolute Gasteiger partial charge is 0.379 e. The summed E-state index contributed by atoms with van der Waals surface area (Å²) in [6, 6.07) is 12.7. The summed E-state index contributed by atoms with van der Waals surface area (Å²) in [6.45, 7) is 3.85. The lowest BCUT2D eigenvalue weighted by molar-refractivity contribution is -0.206. The maximum Gasteiger partial charge on any atom is 0.418 e. The Hall–Kier alpha value is -1.17. The van der Waals surface area contributed by atoms with Crippen molar-refractivity contribution in [2.24, 2.45) is 0 Å². The van der Waals surface area contributed by atoms with Crippen LogP contribution in [0.2, 0.25) is 19.6 Å². The summed E-state index contributed by atoms with van der Waals surface area (Å²) in [7, 11) is -2.86. The molecule has 1 N–H and O–H groups in total. The number of benzene rings is 2. The number of rotatable bonds is 2. The van der Waals surface area contributed by atoms with Gasteiger partial charge in [-0.1, -0.05) is 75.8 Å². The summed E-state index contributed by atoms with van der Waals surface area (Å²) in [4.78, 5) is 10.1. The Morgan fingerprint density at radius 1 is 0.900 bits per heavy atom. The van der Waals surface area contributed by atoms with Crippen LogP contribution < -0.4 is 0 Å². The second-order valence-corrected chi connectivity index (χ2v) is 13.8. The first-order valence-corrected chi connectivity index (χ1v) is 13.4. The number of hydrogen-bond acceptors (Lipinski definition) is 2. The number of alkyl halides is 6. The van der Waals surface area contributed by atoms with Gasteiger partial charge in [0.15, 0.2) is 14.2 Å². The van der Waals surface area contributed by atoms with E-state index in [0.717, 1.165) is 10.8 Å². The molecule has 2 aromatic carbocycles. The summed E-state index contributed by atoms with van der Waals surface area (Å²) in [5.41, 5.74) is 0.534. The Bertz CT molecular complexity index is 793. The Kier molecular flexibility index (Phi) is 11.5. The average molecular weight is 582 g/mol. The van der Waals surface area contributed by atoms with Crippen molar-refractivity contribution in [2.75, 3.05) is 0 Å². The van der Waals surface area contributed by atoms with E-state index in [-0.39, 0.29) is 5.56 Å². The summed E-state index contributed by atoms with van der Waals surface area (Å²) in [5, 5.41) is 8.84. The molecule has 0 spiro atoms. The third-order valence-corrected chi connectivity index (χ3v) is 6.00.